The molecular weight excluding hydrogens is 354 g/mol. The van der Waals surface area contributed by atoms with Crippen molar-refractivity contribution < 1.29 is 14.3 Å². The number of carbonyl (C=O) groups is 2. The van der Waals surface area contributed by atoms with Crippen LogP contribution in [0.25, 0.3) is 0 Å². The number of ether oxygens (including phenoxy) is 1. The van der Waals surface area contributed by atoms with E-state index in [1.54, 1.807) is 31.2 Å². The second kappa shape index (κ2) is 7.73. The largest absolute Gasteiger partial charge is 0.492 e. The fraction of sp³-hybridized carbons (Fsp3) is 0.318. The summed E-state index contributed by atoms with van der Waals surface area (Å²) in [5.41, 5.74) is 1.39. The third-order valence-electron chi connectivity index (χ3n) is 5.00. The molecule has 0 spiro atoms. The second-order valence-electron chi connectivity index (χ2n) is 7.27. The Labute approximate surface area is 164 Å². The number of nitrogens with one attached hydrogen (secondary N) is 1. The number of hydrogen-bond donors (Lipinski definition) is 1. The molecule has 0 radical (unpaired) electrons. The molecule has 1 fully saturated rings. The Morgan fingerprint density at radius 1 is 1.11 bits per heavy atom. The van der Waals surface area contributed by atoms with Crippen molar-refractivity contribution in [1.82, 2.24) is 10.2 Å². The van der Waals surface area contributed by atoms with Crippen LogP contribution in [-0.4, -0.2) is 30.0 Å². The molecule has 6 nitrogen and oxygen atoms in total. The van der Waals surface area contributed by atoms with Crippen LogP contribution in [0.5, 0.6) is 5.75 Å². The highest BCUT2D eigenvalue weighted by molar-refractivity contribution is 6.07. The van der Waals surface area contributed by atoms with Crippen LogP contribution in [0.3, 0.4) is 0 Å². The molecule has 1 atom stereocenters. The molecule has 1 aliphatic rings. The van der Waals surface area contributed by atoms with E-state index in [1.807, 2.05) is 30.3 Å². The summed E-state index contributed by atoms with van der Waals surface area (Å²) in [5.74, 6) is 0.683. The van der Waals surface area contributed by atoms with Crippen LogP contribution >= 0.6 is 0 Å². The van der Waals surface area contributed by atoms with Crippen LogP contribution < -0.4 is 10.1 Å². The van der Waals surface area contributed by atoms with Gasteiger partial charge in [0.2, 0.25) is 0 Å². The van der Waals surface area contributed by atoms with Gasteiger partial charge in [0.25, 0.3) is 5.91 Å². The number of nitrogens with zero attached hydrogens (tertiary/aromatic N) is 2. The van der Waals surface area contributed by atoms with Crippen LogP contribution in [0, 0.1) is 11.3 Å². The molecular formula is C22H23N3O3. The number of benzene rings is 2. The van der Waals surface area contributed by atoms with Crippen molar-refractivity contribution >= 4 is 11.9 Å². The molecule has 6 heteroatoms. The Bertz CT molecular complexity index is 914. The van der Waals surface area contributed by atoms with Crippen molar-refractivity contribution in [2.24, 2.45) is 0 Å². The first-order chi connectivity index (χ1) is 13.3. The smallest absolute Gasteiger partial charge is 0.325 e. The first-order valence-electron chi connectivity index (χ1n) is 9.22. The van der Waals surface area contributed by atoms with Gasteiger partial charge in [-0.2, -0.15) is 5.26 Å². The molecule has 28 heavy (non-hydrogen) atoms. The first kappa shape index (κ1) is 19.4. The summed E-state index contributed by atoms with van der Waals surface area (Å²) >= 11 is 0. The number of nitriles is 1. The maximum absolute atomic E-state index is 12.9. The first-order valence-corrected chi connectivity index (χ1v) is 9.22. The summed E-state index contributed by atoms with van der Waals surface area (Å²) < 4.78 is 5.60. The van der Waals surface area contributed by atoms with Crippen molar-refractivity contribution in [3.63, 3.8) is 0 Å². The highest BCUT2D eigenvalue weighted by atomic mass is 16.5. The summed E-state index contributed by atoms with van der Waals surface area (Å²) in [6, 6.07) is 16.1. The van der Waals surface area contributed by atoms with Gasteiger partial charge in [0.05, 0.1) is 18.2 Å². The third-order valence-corrected chi connectivity index (χ3v) is 5.00. The van der Waals surface area contributed by atoms with Gasteiger partial charge in [-0.3, -0.25) is 9.69 Å². The fourth-order valence-corrected chi connectivity index (χ4v) is 3.18. The minimum Gasteiger partial charge on any atom is -0.492 e. The summed E-state index contributed by atoms with van der Waals surface area (Å²) in [6.07, 6.45) is 0. The van der Waals surface area contributed by atoms with Crippen molar-refractivity contribution in [2.75, 3.05) is 13.2 Å². The highest BCUT2D eigenvalue weighted by Crippen LogP contribution is 2.29. The monoisotopic (exact) mass is 377 g/mol. The minimum atomic E-state index is -1.08. The van der Waals surface area contributed by atoms with Crippen molar-refractivity contribution in [3.8, 4) is 11.8 Å². The number of rotatable bonds is 6. The Morgan fingerprint density at radius 3 is 2.32 bits per heavy atom. The van der Waals surface area contributed by atoms with Gasteiger partial charge in [-0.05, 0) is 48.2 Å². The van der Waals surface area contributed by atoms with Crippen molar-refractivity contribution in [2.45, 2.75) is 32.2 Å². The van der Waals surface area contributed by atoms with Crippen LogP contribution in [0.15, 0.2) is 48.5 Å². The summed E-state index contributed by atoms with van der Waals surface area (Å²) in [4.78, 5) is 26.5. The fourth-order valence-electron chi connectivity index (χ4n) is 3.18. The van der Waals surface area contributed by atoms with Gasteiger partial charge >= 0.3 is 6.03 Å². The molecule has 1 saturated heterocycles. The van der Waals surface area contributed by atoms with E-state index < -0.39 is 11.6 Å². The molecule has 0 bridgehead atoms. The maximum Gasteiger partial charge on any atom is 0.325 e. The van der Waals surface area contributed by atoms with Gasteiger partial charge in [-0.1, -0.05) is 38.1 Å². The molecule has 0 aliphatic carbocycles. The lowest BCUT2D eigenvalue weighted by molar-refractivity contribution is -0.131. The number of urea groups is 1. The van der Waals surface area contributed by atoms with Gasteiger partial charge in [0.1, 0.15) is 17.9 Å². The zero-order chi connectivity index (χ0) is 20.3. The van der Waals surface area contributed by atoms with E-state index in [0.29, 0.717) is 17.2 Å². The summed E-state index contributed by atoms with van der Waals surface area (Å²) in [6.45, 7) is 6.25. The van der Waals surface area contributed by atoms with E-state index in [0.717, 1.165) is 5.56 Å². The predicted molar refractivity (Wildman–Crippen MR) is 105 cm³/mol. The van der Waals surface area contributed by atoms with Crippen LogP contribution in [-0.2, 0) is 10.3 Å². The minimum absolute atomic E-state index is 0.143. The lowest BCUT2D eigenvalue weighted by Gasteiger charge is -2.23. The SMILES string of the molecule is CC(C)c1ccc(C2(C)NC(=O)N(CCOc3ccc(C#N)cc3)C2=O)cc1. The second-order valence-corrected chi connectivity index (χ2v) is 7.27. The van der Waals surface area contributed by atoms with Crippen molar-refractivity contribution in [1.29, 1.82) is 5.26 Å². The van der Waals surface area contributed by atoms with E-state index in [9.17, 15) is 9.59 Å². The van der Waals surface area contributed by atoms with E-state index >= 15 is 0 Å². The summed E-state index contributed by atoms with van der Waals surface area (Å²) in [5, 5.41) is 11.6. The topological polar surface area (TPSA) is 82.4 Å². The van der Waals surface area contributed by atoms with Crippen LogP contribution in [0.1, 0.15) is 43.4 Å². The number of carbonyl (C=O) groups excluding carboxylic acids is 2. The number of amides is 3. The van der Waals surface area contributed by atoms with E-state index in [2.05, 4.69) is 19.2 Å². The van der Waals surface area contributed by atoms with Gasteiger partial charge < -0.3 is 10.1 Å². The molecule has 3 rings (SSSR count). The van der Waals surface area contributed by atoms with E-state index in [4.69, 9.17) is 10.00 Å². The number of imide groups is 1. The standard InChI is InChI=1S/C22H23N3O3/c1-15(2)17-6-8-18(9-7-17)22(3)20(26)25(21(27)24-22)12-13-28-19-10-4-16(14-23)5-11-19/h4-11,15H,12-13H2,1-3H3,(H,24,27). The lowest BCUT2D eigenvalue weighted by Crippen LogP contribution is -2.41. The van der Waals surface area contributed by atoms with E-state index in [1.165, 1.54) is 10.5 Å². The Kier molecular flexibility index (Phi) is 5.36. The molecule has 144 valence electrons. The molecule has 3 amide bonds. The molecule has 0 aromatic heterocycles. The predicted octanol–water partition coefficient (Wildman–Crippen LogP) is 3.53. The highest BCUT2D eigenvalue weighted by Gasteiger charge is 2.48. The third kappa shape index (κ3) is 3.70. The van der Waals surface area contributed by atoms with Gasteiger partial charge in [-0.25, -0.2) is 4.79 Å². The molecule has 1 unspecified atom stereocenters. The number of hydrogen-bond acceptors (Lipinski definition) is 4. The zero-order valence-corrected chi connectivity index (χ0v) is 16.2. The molecule has 1 aliphatic heterocycles. The quantitative estimate of drug-likeness (QED) is 0.781. The van der Waals surface area contributed by atoms with E-state index in [-0.39, 0.29) is 19.1 Å². The lowest BCUT2D eigenvalue weighted by atomic mass is 9.90. The van der Waals surface area contributed by atoms with Gasteiger partial charge in [-0.15, -0.1) is 0 Å². The molecule has 2 aromatic rings. The van der Waals surface area contributed by atoms with Crippen LogP contribution in [0.2, 0.25) is 0 Å². The maximum atomic E-state index is 12.9. The summed E-state index contributed by atoms with van der Waals surface area (Å²) in [7, 11) is 0. The Morgan fingerprint density at radius 2 is 1.75 bits per heavy atom. The van der Waals surface area contributed by atoms with Gasteiger partial charge in [0.15, 0.2) is 0 Å². The zero-order valence-electron chi connectivity index (χ0n) is 16.2. The molecule has 0 saturated carbocycles. The molecule has 1 N–H and O–H groups in total. The molecule has 1 heterocycles. The normalized spacial score (nSPS) is 18.9. The van der Waals surface area contributed by atoms with Crippen LogP contribution in [0.4, 0.5) is 4.79 Å². The van der Waals surface area contributed by atoms with Crippen molar-refractivity contribution in [3.05, 3.63) is 65.2 Å². The van der Waals surface area contributed by atoms with Gasteiger partial charge in [0, 0.05) is 0 Å². The molecule has 2 aromatic carbocycles. The Balaban J connectivity index is 1.66. The Hall–Kier alpha value is -3.33. The average molecular weight is 377 g/mol. The average Bonchev–Trinajstić information content (AvgIpc) is 2.92.